The first kappa shape index (κ1) is 9.16. The second-order valence-electron chi connectivity index (χ2n) is 4.02. The highest BCUT2D eigenvalue weighted by atomic mass is 16.3. The maximum absolute atomic E-state index is 11.5. The average molecular weight is 210 g/mol. The molecule has 0 atom stereocenters. The molecule has 0 fully saturated rings. The molecule has 1 aliphatic carbocycles. The quantitative estimate of drug-likeness (QED) is 0.626. The highest BCUT2D eigenvalue weighted by Crippen LogP contribution is 2.38. The van der Waals surface area contributed by atoms with Crippen molar-refractivity contribution in [2.75, 3.05) is 0 Å². The molecule has 0 unspecified atom stereocenters. The lowest BCUT2D eigenvalue weighted by Crippen LogP contribution is -1.95. The Bertz CT molecular complexity index is 639. The van der Waals surface area contributed by atoms with Gasteiger partial charge in [0.25, 0.3) is 0 Å². The molecule has 0 heterocycles. The van der Waals surface area contributed by atoms with Crippen LogP contribution in [0.2, 0.25) is 0 Å². The highest BCUT2D eigenvalue weighted by molar-refractivity contribution is 6.15. The van der Waals surface area contributed by atoms with Crippen molar-refractivity contribution in [2.24, 2.45) is 0 Å². The van der Waals surface area contributed by atoms with Gasteiger partial charge in [-0.2, -0.15) is 0 Å². The monoisotopic (exact) mass is 210 g/mol. The molecule has 0 aromatic heterocycles. The summed E-state index contributed by atoms with van der Waals surface area (Å²) in [5.74, 6) is 0.153. The number of carbonyl (C=O) groups excluding carboxylic acids is 1. The van der Waals surface area contributed by atoms with E-state index in [0.29, 0.717) is 10.9 Å². The number of Topliss-reactive ketones (excluding diaryl/α,β-unsaturated/α-hetero) is 1. The standard InChI is InChI=1S/C14H10O2/c1-8(15)11-6-4-9-2-3-10-5-7-12(16)14(11)13(9)10/h2-7,16H,1H3. The SMILES string of the molecule is CC(=O)c1ccc2c3c(ccc(O)c13)C=C2. The average Bonchev–Trinajstić information content (AvgIpc) is 2.67. The summed E-state index contributed by atoms with van der Waals surface area (Å²) in [5.41, 5.74) is 2.71. The van der Waals surface area contributed by atoms with E-state index in [1.807, 2.05) is 24.3 Å². The second-order valence-corrected chi connectivity index (χ2v) is 4.02. The van der Waals surface area contributed by atoms with Gasteiger partial charge in [-0.15, -0.1) is 0 Å². The third kappa shape index (κ3) is 1.04. The van der Waals surface area contributed by atoms with Gasteiger partial charge < -0.3 is 5.11 Å². The van der Waals surface area contributed by atoms with Crippen LogP contribution >= 0.6 is 0 Å². The van der Waals surface area contributed by atoms with Crippen LogP contribution in [0.15, 0.2) is 24.3 Å². The van der Waals surface area contributed by atoms with Crippen molar-refractivity contribution in [1.82, 2.24) is 0 Å². The molecule has 2 nitrogen and oxygen atoms in total. The lowest BCUT2D eigenvalue weighted by atomic mass is 9.96. The van der Waals surface area contributed by atoms with Crippen LogP contribution in [0.4, 0.5) is 0 Å². The Morgan fingerprint density at radius 2 is 1.62 bits per heavy atom. The van der Waals surface area contributed by atoms with Crippen molar-refractivity contribution in [3.63, 3.8) is 0 Å². The lowest BCUT2D eigenvalue weighted by molar-refractivity contribution is 0.101. The van der Waals surface area contributed by atoms with E-state index < -0.39 is 0 Å². The van der Waals surface area contributed by atoms with Crippen LogP contribution in [0.25, 0.3) is 22.9 Å². The van der Waals surface area contributed by atoms with Gasteiger partial charge >= 0.3 is 0 Å². The summed E-state index contributed by atoms with van der Waals surface area (Å²) in [6.07, 6.45) is 4.00. The Balaban J connectivity index is 2.56. The Hall–Kier alpha value is -2.09. The third-order valence-corrected chi connectivity index (χ3v) is 3.02. The van der Waals surface area contributed by atoms with E-state index in [4.69, 9.17) is 0 Å². The maximum Gasteiger partial charge on any atom is 0.160 e. The van der Waals surface area contributed by atoms with E-state index in [2.05, 4.69) is 0 Å². The van der Waals surface area contributed by atoms with E-state index >= 15 is 0 Å². The third-order valence-electron chi connectivity index (χ3n) is 3.02. The highest BCUT2D eigenvalue weighted by Gasteiger charge is 2.16. The fourth-order valence-electron chi connectivity index (χ4n) is 2.28. The first-order chi connectivity index (χ1) is 7.68. The van der Waals surface area contributed by atoms with Crippen molar-refractivity contribution in [3.05, 3.63) is 41.0 Å². The zero-order valence-corrected chi connectivity index (χ0v) is 8.82. The van der Waals surface area contributed by atoms with E-state index in [-0.39, 0.29) is 11.5 Å². The van der Waals surface area contributed by atoms with Gasteiger partial charge in [-0.1, -0.05) is 30.4 Å². The van der Waals surface area contributed by atoms with Gasteiger partial charge in [-0.25, -0.2) is 0 Å². The maximum atomic E-state index is 11.5. The summed E-state index contributed by atoms with van der Waals surface area (Å²) >= 11 is 0. The largest absolute Gasteiger partial charge is 0.507 e. The Kier molecular flexibility index (Phi) is 1.69. The number of aromatic hydroxyl groups is 1. The molecule has 2 aromatic carbocycles. The van der Waals surface area contributed by atoms with Gasteiger partial charge in [-0.3, -0.25) is 4.79 Å². The van der Waals surface area contributed by atoms with Crippen LogP contribution in [0.3, 0.4) is 0 Å². The first-order valence-corrected chi connectivity index (χ1v) is 5.16. The molecular weight excluding hydrogens is 200 g/mol. The zero-order valence-electron chi connectivity index (χ0n) is 8.82. The lowest BCUT2D eigenvalue weighted by Gasteiger charge is -2.08. The summed E-state index contributed by atoms with van der Waals surface area (Å²) in [5, 5.41) is 11.6. The van der Waals surface area contributed by atoms with Gasteiger partial charge in [0.2, 0.25) is 0 Å². The molecule has 2 heteroatoms. The molecule has 0 amide bonds. The van der Waals surface area contributed by atoms with E-state index in [9.17, 15) is 9.90 Å². The van der Waals surface area contributed by atoms with Crippen LogP contribution < -0.4 is 0 Å². The summed E-state index contributed by atoms with van der Waals surface area (Å²) in [6, 6.07) is 7.21. The number of benzene rings is 2. The minimum absolute atomic E-state index is 0.0223. The van der Waals surface area contributed by atoms with Crippen LogP contribution in [0, 0.1) is 0 Å². The summed E-state index contributed by atoms with van der Waals surface area (Å²) in [4.78, 5) is 11.5. The molecule has 3 rings (SSSR count). The van der Waals surface area contributed by atoms with Crippen molar-refractivity contribution in [2.45, 2.75) is 6.92 Å². The minimum atomic E-state index is -0.0223. The van der Waals surface area contributed by atoms with Crippen LogP contribution in [-0.2, 0) is 0 Å². The number of phenolic OH excluding ortho intramolecular Hbond substituents is 1. The van der Waals surface area contributed by atoms with E-state index in [0.717, 1.165) is 16.5 Å². The number of phenols is 1. The normalized spacial score (nSPS) is 12.3. The van der Waals surface area contributed by atoms with Gasteiger partial charge in [0.1, 0.15) is 5.75 Å². The number of carbonyl (C=O) groups is 1. The van der Waals surface area contributed by atoms with E-state index in [1.165, 1.54) is 6.92 Å². The fourth-order valence-corrected chi connectivity index (χ4v) is 2.28. The summed E-state index contributed by atoms with van der Waals surface area (Å²) < 4.78 is 0. The first-order valence-electron chi connectivity index (χ1n) is 5.16. The number of ketones is 1. The fraction of sp³-hybridized carbons (Fsp3) is 0.0714. The zero-order chi connectivity index (χ0) is 11.3. The molecule has 0 spiro atoms. The Morgan fingerprint density at radius 1 is 1.00 bits per heavy atom. The molecule has 0 aliphatic heterocycles. The molecule has 0 bridgehead atoms. The molecule has 1 N–H and O–H groups in total. The Morgan fingerprint density at radius 3 is 2.25 bits per heavy atom. The van der Waals surface area contributed by atoms with Crippen LogP contribution in [-0.4, -0.2) is 10.9 Å². The molecule has 0 radical (unpaired) electrons. The molecule has 16 heavy (non-hydrogen) atoms. The summed E-state index contributed by atoms with van der Waals surface area (Å²) in [7, 11) is 0. The molecule has 0 saturated carbocycles. The van der Waals surface area contributed by atoms with Gasteiger partial charge in [0, 0.05) is 16.3 Å². The summed E-state index contributed by atoms with van der Waals surface area (Å²) in [6.45, 7) is 1.52. The smallest absolute Gasteiger partial charge is 0.160 e. The predicted octanol–water partition coefficient (Wildman–Crippen LogP) is 3.23. The predicted molar refractivity (Wildman–Crippen MR) is 64.5 cm³/mol. The Labute approximate surface area is 92.8 Å². The molecule has 78 valence electrons. The molecule has 1 aliphatic rings. The van der Waals surface area contributed by atoms with Gasteiger partial charge in [-0.05, 0) is 24.1 Å². The van der Waals surface area contributed by atoms with Crippen molar-refractivity contribution in [1.29, 1.82) is 0 Å². The van der Waals surface area contributed by atoms with Gasteiger partial charge in [0.05, 0.1) is 0 Å². The van der Waals surface area contributed by atoms with Crippen molar-refractivity contribution >= 4 is 28.7 Å². The minimum Gasteiger partial charge on any atom is -0.507 e. The van der Waals surface area contributed by atoms with Gasteiger partial charge in [0.15, 0.2) is 5.78 Å². The van der Waals surface area contributed by atoms with Crippen LogP contribution in [0.5, 0.6) is 5.75 Å². The topological polar surface area (TPSA) is 37.3 Å². The molecule has 2 aromatic rings. The number of hydrogen-bond acceptors (Lipinski definition) is 2. The molecule has 0 saturated heterocycles. The second kappa shape index (κ2) is 2.95. The van der Waals surface area contributed by atoms with Crippen molar-refractivity contribution < 1.29 is 9.90 Å². The van der Waals surface area contributed by atoms with Crippen LogP contribution in [0.1, 0.15) is 28.4 Å². The van der Waals surface area contributed by atoms with Crippen molar-refractivity contribution in [3.8, 4) is 5.75 Å². The number of hydrogen-bond donors (Lipinski definition) is 1. The number of rotatable bonds is 1. The van der Waals surface area contributed by atoms with E-state index in [1.54, 1.807) is 12.1 Å². The molecular formula is C14H10O2.